The Morgan fingerprint density at radius 2 is 2.11 bits per heavy atom. The molecule has 4 N–H and O–H groups in total. The van der Waals surface area contributed by atoms with E-state index in [9.17, 15) is 9.18 Å². The SMILES string of the molecule is CN1CCCC(c2n[nH]c(-c3nc(-c4cccc(C(=O)NCc5c(F)cccc5Cl)c4)cnc3N)n2)C1. The van der Waals surface area contributed by atoms with E-state index in [0.717, 1.165) is 31.8 Å². The van der Waals surface area contributed by atoms with E-state index in [2.05, 4.69) is 42.4 Å². The van der Waals surface area contributed by atoms with Gasteiger partial charge in [0.2, 0.25) is 0 Å². The number of rotatable bonds is 6. The molecule has 0 bridgehead atoms. The van der Waals surface area contributed by atoms with Crippen LogP contribution in [0.3, 0.4) is 0 Å². The number of piperidine rings is 1. The lowest BCUT2D eigenvalue weighted by Gasteiger charge is -2.27. The number of carbonyl (C=O) groups excluding carboxylic acids is 1. The molecule has 1 aliphatic rings. The summed E-state index contributed by atoms with van der Waals surface area (Å²) in [6.07, 6.45) is 3.67. The normalized spacial score (nSPS) is 16.0. The summed E-state index contributed by atoms with van der Waals surface area (Å²) in [7, 11) is 2.09. The minimum absolute atomic E-state index is 0.0367. The predicted octanol–water partition coefficient (Wildman–Crippen LogP) is 4.04. The van der Waals surface area contributed by atoms with E-state index in [4.69, 9.17) is 17.3 Å². The smallest absolute Gasteiger partial charge is 0.251 e. The molecule has 1 fully saturated rings. The number of aromatic nitrogens is 5. The van der Waals surface area contributed by atoms with E-state index in [-0.39, 0.29) is 34.8 Å². The molecule has 1 atom stereocenters. The molecule has 1 saturated heterocycles. The quantitative estimate of drug-likeness (QED) is 0.350. The third-order valence-corrected chi connectivity index (χ3v) is 6.78. The zero-order chi connectivity index (χ0) is 25.9. The Morgan fingerprint density at radius 1 is 1.27 bits per heavy atom. The standard InChI is InChI=1S/C26H26ClFN8O/c1-36-10-4-7-17(14-36)24-33-25(35-34-24)22-23(29)30-13-21(32-22)15-5-2-6-16(11-15)26(37)31-12-18-19(27)8-3-9-20(18)28/h2-3,5-6,8-9,11,13,17H,4,7,10,12,14H2,1H3,(H2,29,30)(H,31,37)(H,33,34,35). The molecule has 2 aromatic heterocycles. The van der Waals surface area contributed by atoms with Crippen LogP contribution >= 0.6 is 11.6 Å². The molecule has 0 spiro atoms. The minimum Gasteiger partial charge on any atom is -0.382 e. The van der Waals surface area contributed by atoms with Gasteiger partial charge >= 0.3 is 0 Å². The van der Waals surface area contributed by atoms with Crippen molar-refractivity contribution in [1.82, 2.24) is 35.4 Å². The van der Waals surface area contributed by atoms with E-state index in [1.165, 1.54) is 12.1 Å². The number of anilines is 1. The number of hydrogen-bond donors (Lipinski definition) is 3. The number of aromatic amines is 1. The monoisotopic (exact) mass is 520 g/mol. The minimum atomic E-state index is -0.475. The Bertz CT molecular complexity index is 1420. The van der Waals surface area contributed by atoms with Crippen LogP contribution in [0.5, 0.6) is 0 Å². The first kappa shape index (κ1) is 24.8. The number of hydrogen-bond acceptors (Lipinski definition) is 7. The molecule has 0 radical (unpaired) electrons. The second-order valence-electron chi connectivity index (χ2n) is 9.10. The van der Waals surface area contributed by atoms with Crippen LogP contribution in [0.1, 0.15) is 40.5 Å². The molecule has 1 unspecified atom stereocenters. The largest absolute Gasteiger partial charge is 0.382 e. The van der Waals surface area contributed by atoms with Crippen LogP contribution in [0.15, 0.2) is 48.7 Å². The Balaban J connectivity index is 1.36. The number of H-pyrrole nitrogens is 1. The number of nitrogens with one attached hydrogen (secondary N) is 2. The first-order valence-electron chi connectivity index (χ1n) is 11.9. The van der Waals surface area contributed by atoms with Gasteiger partial charge in [-0.05, 0) is 50.7 Å². The number of likely N-dealkylation sites (N-methyl/N-ethyl adjacent to an activating group) is 1. The summed E-state index contributed by atoms with van der Waals surface area (Å²) in [5.74, 6) is 0.811. The number of amides is 1. The predicted molar refractivity (Wildman–Crippen MR) is 139 cm³/mol. The average Bonchev–Trinajstić information content (AvgIpc) is 3.39. The fourth-order valence-corrected chi connectivity index (χ4v) is 4.67. The molecule has 1 amide bonds. The molecular weight excluding hydrogens is 495 g/mol. The van der Waals surface area contributed by atoms with Gasteiger partial charge in [0, 0.05) is 40.7 Å². The van der Waals surface area contributed by atoms with Gasteiger partial charge in [0.05, 0.1) is 11.9 Å². The van der Waals surface area contributed by atoms with Gasteiger partial charge in [-0.15, -0.1) is 0 Å². The number of likely N-dealkylation sites (tertiary alicyclic amines) is 1. The molecule has 0 saturated carbocycles. The summed E-state index contributed by atoms with van der Waals surface area (Å²) in [5.41, 5.74) is 8.32. The number of nitrogen functional groups attached to an aromatic ring is 1. The summed E-state index contributed by atoms with van der Waals surface area (Å²) in [4.78, 5) is 28.7. The van der Waals surface area contributed by atoms with Crippen LogP contribution in [0.2, 0.25) is 5.02 Å². The fraction of sp³-hybridized carbons (Fsp3) is 0.269. The van der Waals surface area contributed by atoms with Crippen molar-refractivity contribution >= 4 is 23.3 Å². The van der Waals surface area contributed by atoms with Crippen LogP contribution in [0.4, 0.5) is 10.2 Å². The lowest BCUT2D eigenvalue weighted by atomic mass is 9.98. The number of benzene rings is 2. The van der Waals surface area contributed by atoms with Gasteiger partial charge in [-0.2, -0.15) is 5.10 Å². The second kappa shape index (κ2) is 10.6. The van der Waals surface area contributed by atoms with Crippen LogP contribution in [-0.2, 0) is 6.54 Å². The van der Waals surface area contributed by atoms with Crippen molar-refractivity contribution in [2.24, 2.45) is 0 Å². The number of carbonyl (C=O) groups is 1. The molecule has 5 rings (SSSR count). The highest BCUT2D eigenvalue weighted by Gasteiger charge is 2.24. The van der Waals surface area contributed by atoms with Gasteiger partial charge in [-0.1, -0.05) is 29.8 Å². The highest BCUT2D eigenvalue weighted by molar-refractivity contribution is 6.31. The highest BCUT2D eigenvalue weighted by Crippen LogP contribution is 2.28. The molecule has 0 aliphatic carbocycles. The number of nitrogens with zero attached hydrogens (tertiary/aromatic N) is 5. The van der Waals surface area contributed by atoms with Crippen molar-refractivity contribution in [3.8, 4) is 22.8 Å². The molecule has 4 aromatic rings. The summed E-state index contributed by atoms with van der Waals surface area (Å²) < 4.78 is 14.0. The summed E-state index contributed by atoms with van der Waals surface area (Å²) in [5, 5.41) is 10.3. The van der Waals surface area contributed by atoms with Crippen molar-refractivity contribution in [1.29, 1.82) is 0 Å². The van der Waals surface area contributed by atoms with Gasteiger partial charge in [0.25, 0.3) is 5.91 Å². The molecule has 190 valence electrons. The van der Waals surface area contributed by atoms with E-state index >= 15 is 0 Å². The Morgan fingerprint density at radius 3 is 2.92 bits per heavy atom. The van der Waals surface area contributed by atoms with Crippen molar-refractivity contribution in [3.63, 3.8) is 0 Å². The maximum Gasteiger partial charge on any atom is 0.251 e. The first-order chi connectivity index (χ1) is 17.9. The van der Waals surface area contributed by atoms with Crippen LogP contribution in [-0.4, -0.2) is 56.1 Å². The third kappa shape index (κ3) is 5.45. The Hall–Kier alpha value is -3.89. The third-order valence-electron chi connectivity index (χ3n) is 6.43. The zero-order valence-electron chi connectivity index (χ0n) is 20.2. The van der Waals surface area contributed by atoms with Crippen LogP contribution in [0.25, 0.3) is 22.8 Å². The maximum atomic E-state index is 14.0. The van der Waals surface area contributed by atoms with Gasteiger partial charge in [0.1, 0.15) is 11.5 Å². The second-order valence-corrected chi connectivity index (χ2v) is 9.50. The molecule has 9 nitrogen and oxygen atoms in total. The summed E-state index contributed by atoms with van der Waals surface area (Å²) in [6.45, 7) is 1.93. The molecule has 3 heterocycles. The zero-order valence-corrected chi connectivity index (χ0v) is 21.0. The molecule has 2 aromatic carbocycles. The maximum absolute atomic E-state index is 14.0. The molecular formula is C26H26ClFN8O. The van der Waals surface area contributed by atoms with Crippen molar-refractivity contribution in [3.05, 3.63) is 76.5 Å². The van der Waals surface area contributed by atoms with Crippen molar-refractivity contribution in [2.45, 2.75) is 25.3 Å². The van der Waals surface area contributed by atoms with Crippen LogP contribution < -0.4 is 11.1 Å². The number of nitrogens with two attached hydrogens (primary N) is 1. The molecule has 1 aliphatic heterocycles. The van der Waals surface area contributed by atoms with Gasteiger partial charge in [-0.3, -0.25) is 9.89 Å². The van der Waals surface area contributed by atoms with Gasteiger partial charge in [0.15, 0.2) is 17.5 Å². The van der Waals surface area contributed by atoms with E-state index < -0.39 is 5.82 Å². The Labute approximate surface area is 218 Å². The number of halogens is 2. The lowest BCUT2D eigenvalue weighted by molar-refractivity contribution is 0.0950. The van der Waals surface area contributed by atoms with Gasteiger partial charge in [-0.25, -0.2) is 19.3 Å². The van der Waals surface area contributed by atoms with E-state index in [1.807, 2.05) is 6.07 Å². The first-order valence-corrected chi connectivity index (χ1v) is 12.3. The average molecular weight is 521 g/mol. The summed E-state index contributed by atoms with van der Waals surface area (Å²) >= 11 is 6.06. The van der Waals surface area contributed by atoms with Crippen molar-refractivity contribution < 1.29 is 9.18 Å². The van der Waals surface area contributed by atoms with Crippen molar-refractivity contribution in [2.75, 3.05) is 25.9 Å². The topological polar surface area (TPSA) is 126 Å². The molecule has 37 heavy (non-hydrogen) atoms. The highest BCUT2D eigenvalue weighted by atomic mass is 35.5. The fourth-order valence-electron chi connectivity index (χ4n) is 4.44. The lowest BCUT2D eigenvalue weighted by Crippen LogP contribution is -2.31. The molecule has 11 heteroatoms. The van der Waals surface area contributed by atoms with Crippen LogP contribution in [0, 0.1) is 5.82 Å². The van der Waals surface area contributed by atoms with Gasteiger partial charge < -0.3 is 16.0 Å². The summed E-state index contributed by atoms with van der Waals surface area (Å²) in [6, 6.07) is 11.3. The van der Waals surface area contributed by atoms with E-state index in [1.54, 1.807) is 30.5 Å². The Kier molecular flexibility index (Phi) is 7.11. The van der Waals surface area contributed by atoms with E-state index in [0.29, 0.717) is 28.3 Å².